The van der Waals surface area contributed by atoms with Gasteiger partial charge in [0.1, 0.15) is 5.60 Å². The van der Waals surface area contributed by atoms with E-state index in [9.17, 15) is 9.59 Å². The standard InChI is InChI=1S/C15H28N2O3/c1-10-7-8-11(13(18)17(5)6)9-12(10)16-14(19)20-15(2,3)4/h10-12H,7-9H2,1-6H3,(H,16,19). The third-order valence-electron chi connectivity index (χ3n) is 3.69. The third-order valence-corrected chi connectivity index (χ3v) is 3.69. The molecule has 20 heavy (non-hydrogen) atoms. The first-order valence-electron chi connectivity index (χ1n) is 7.31. The summed E-state index contributed by atoms with van der Waals surface area (Å²) in [5.74, 6) is 0.516. The topological polar surface area (TPSA) is 58.6 Å². The molecule has 0 bridgehead atoms. The van der Waals surface area contributed by atoms with Crippen LogP contribution in [0, 0.1) is 11.8 Å². The maximum Gasteiger partial charge on any atom is 0.407 e. The number of ether oxygens (including phenoxy) is 1. The van der Waals surface area contributed by atoms with Crippen LogP contribution in [0.25, 0.3) is 0 Å². The maximum absolute atomic E-state index is 12.0. The zero-order valence-corrected chi connectivity index (χ0v) is 13.5. The normalized spacial score (nSPS) is 26.8. The van der Waals surface area contributed by atoms with Gasteiger partial charge in [-0.15, -0.1) is 0 Å². The Morgan fingerprint density at radius 2 is 1.80 bits per heavy atom. The SMILES string of the molecule is CC1CCC(C(=O)N(C)C)CC1NC(=O)OC(C)(C)C. The molecule has 3 unspecified atom stereocenters. The largest absolute Gasteiger partial charge is 0.444 e. The van der Waals surface area contributed by atoms with Crippen molar-refractivity contribution in [2.45, 2.75) is 58.6 Å². The van der Waals surface area contributed by atoms with Crippen molar-refractivity contribution in [3.8, 4) is 0 Å². The number of rotatable bonds is 2. The van der Waals surface area contributed by atoms with Gasteiger partial charge in [-0.1, -0.05) is 6.92 Å². The molecule has 0 aliphatic heterocycles. The van der Waals surface area contributed by atoms with Crippen molar-refractivity contribution in [1.82, 2.24) is 10.2 Å². The molecule has 0 spiro atoms. The van der Waals surface area contributed by atoms with E-state index < -0.39 is 11.7 Å². The second-order valence-corrected chi connectivity index (χ2v) is 6.97. The molecule has 116 valence electrons. The van der Waals surface area contributed by atoms with Crippen LogP contribution in [0.4, 0.5) is 4.79 Å². The van der Waals surface area contributed by atoms with E-state index in [4.69, 9.17) is 4.74 Å². The molecule has 1 rings (SSSR count). The van der Waals surface area contributed by atoms with E-state index in [1.807, 2.05) is 20.8 Å². The van der Waals surface area contributed by atoms with E-state index in [1.54, 1.807) is 19.0 Å². The minimum atomic E-state index is -0.499. The van der Waals surface area contributed by atoms with Gasteiger partial charge in [-0.3, -0.25) is 4.79 Å². The van der Waals surface area contributed by atoms with Crippen LogP contribution < -0.4 is 5.32 Å². The summed E-state index contributed by atoms with van der Waals surface area (Å²) in [5, 5.41) is 2.92. The van der Waals surface area contributed by atoms with Gasteiger partial charge in [0.2, 0.25) is 5.91 Å². The minimum Gasteiger partial charge on any atom is -0.444 e. The molecule has 0 aromatic rings. The number of alkyl carbamates (subject to hydrolysis) is 1. The molecule has 3 atom stereocenters. The summed E-state index contributed by atoms with van der Waals surface area (Å²) in [6.07, 6.45) is 2.14. The van der Waals surface area contributed by atoms with E-state index in [1.165, 1.54) is 0 Å². The van der Waals surface area contributed by atoms with Crippen molar-refractivity contribution in [1.29, 1.82) is 0 Å². The minimum absolute atomic E-state index is 0.00105. The predicted octanol–water partition coefficient (Wildman–Crippen LogP) is 2.40. The number of amides is 2. The summed E-state index contributed by atoms with van der Waals surface area (Å²) in [6, 6.07) is 0.00694. The second kappa shape index (κ2) is 6.46. The summed E-state index contributed by atoms with van der Waals surface area (Å²) in [5.41, 5.74) is -0.499. The zero-order chi connectivity index (χ0) is 15.5. The van der Waals surface area contributed by atoms with E-state index >= 15 is 0 Å². The Balaban J connectivity index is 2.59. The Bertz CT molecular complexity index is 361. The average Bonchev–Trinajstić information content (AvgIpc) is 2.28. The predicted molar refractivity (Wildman–Crippen MR) is 78.4 cm³/mol. The number of carbonyl (C=O) groups is 2. The average molecular weight is 284 g/mol. The van der Waals surface area contributed by atoms with Crippen LogP contribution in [-0.2, 0) is 9.53 Å². The van der Waals surface area contributed by atoms with Gasteiger partial charge in [0.25, 0.3) is 0 Å². The van der Waals surface area contributed by atoms with Crippen LogP contribution in [0.1, 0.15) is 47.0 Å². The number of hydrogen-bond donors (Lipinski definition) is 1. The fourth-order valence-electron chi connectivity index (χ4n) is 2.57. The van der Waals surface area contributed by atoms with Crippen molar-refractivity contribution < 1.29 is 14.3 Å². The Morgan fingerprint density at radius 3 is 2.30 bits per heavy atom. The molecule has 5 heteroatoms. The van der Waals surface area contributed by atoms with Crippen molar-refractivity contribution in [3.05, 3.63) is 0 Å². The van der Waals surface area contributed by atoms with Crippen LogP contribution in [-0.4, -0.2) is 42.6 Å². The quantitative estimate of drug-likeness (QED) is 0.847. The number of hydrogen-bond acceptors (Lipinski definition) is 3. The lowest BCUT2D eigenvalue weighted by Crippen LogP contribution is -2.47. The Kier molecular flexibility index (Phi) is 5.42. The van der Waals surface area contributed by atoms with Gasteiger partial charge in [0.15, 0.2) is 0 Å². The van der Waals surface area contributed by atoms with Gasteiger partial charge in [-0.2, -0.15) is 0 Å². The highest BCUT2D eigenvalue weighted by Gasteiger charge is 2.34. The zero-order valence-electron chi connectivity index (χ0n) is 13.5. The van der Waals surface area contributed by atoms with Crippen molar-refractivity contribution >= 4 is 12.0 Å². The molecule has 0 aromatic carbocycles. The number of carbonyl (C=O) groups excluding carboxylic acids is 2. The first kappa shape index (κ1) is 16.8. The number of nitrogens with one attached hydrogen (secondary N) is 1. The molecule has 5 nitrogen and oxygen atoms in total. The molecular weight excluding hydrogens is 256 g/mol. The molecule has 0 radical (unpaired) electrons. The fourth-order valence-corrected chi connectivity index (χ4v) is 2.57. The highest BCUT2D eigenvalue weighted by molar-refractivity contribution is 5.78. The van der Waals surface area contributed by atoms with Crippen molar-refractivity contribution in [3.63, 3.8) is 0 Å². The fraction of sp³-hybridized carbons (Fsp3) is 0.867. The van der Waals surface area contributed by atoms with Crippen molar-refractivity contribution in [2.75, 3.05) is 14.1 Å². The molecular formula is C15H28N2O3. The summed E-state index contributed by atoms with van der Waals surface area (Å²) >= 11 is 0. The molecule has 1 fully saturated rings. The molecule has 0 heterocycles. The first-order valence-corrected chi connectivity index (χ1v) is 7.31. The van der Waals surface area contributed by atoms with Gasteiger partial charge in [-0.05, 0) is 46.0 Å². The van der Waals surface area contributed by atoms with Crippen molar-refractivity contribution in [2.24, 2.45) is 11.8 Å². The van der Waals surface area contributed by atoms with Gasteiger partial charge in [-0.25, -0.2) is 4.79 Å². The van der Waals surface area contributed by atoms with Gasteiger partial charge >= 0.3 is 6.09 Å². The lowest BCUT2D eigenvalue weighted by Gasteiger charge is -2.35. The van der Waals surface area contributed by atoms with E-state index in [0.29, 0.717) is 12.3 Å². The van der Waals surface area contributed by atoms with Gasteiger partial charge in [0, 0.05) is 26.1 Å². The molecule has 0 aromatic heterocycles. The smallest absolute Gasteiger partial charge is 0.407 e. The summed E-state index contributed by atoms with van der Waals surface area (Å²) in [7, 11) is 3.55. The lowest BCUT2D eigenvalue weighted by molar-refractivity contribution is -0.134. The Hall–Kier alpha value is -1.26. The highest BCUT2D eigenvalue weighted by Crippen LogP contribution is 2.30. The van der Waals surface area contributed by atoms with Crippen LogP contribution >= 0.6 is 0 Å². The molecule has 2 amide bonds. The first-order chi connectivity index (χ1) is 9.10. The summed E-state index contributed by atoms with van der Waals surface area (Å²) in [6.45, 7) is 7.64. The Labute approximate surface area is 122 Å². The van der Waals surface area contributed by atoms with Gasteiger partial charge in [0.05, 0.1) is 0 Å². The van der Waals surface area contributed by atoms with Crippen LogP contribution in [0.2, 0.25) is 0 Å². The number of nitrogens with zero attached hydrogens (tertiary/aromatic N) is 1. The molecule has 1 aliphatic carbocycles. The summed E-state index contributed by atoms with van der Waals surface area (Å²) < 4.78 is 5.29. The molecule has 0 saturated heterocycles. The third kappa shape index (κ3) is 5.02. The van der Waals surface area contributed by atoms with Crippen LogP contribution in [0.5, 0.6) is 0 Å². The maximum atomic E-state index is 12.0. The van der Waals surface area contributed by atoms with Crippen LogP contribution in [0.3, 0.4) is 0 Å². The van der Waals surface area contributed by atoms with E-state index in [0.717, 1.165) is 12.8 Å². The lowest BCUT2D eigenvalue weighted by atomic mass is 9.78. The second-order valence-electron chi connectivity index (χ2n) is 6.97. The van der Waals surface area contributed by atoms with Gasteiger partial charge < -0.3 is 15.0 Å². The van der Waals surface area contributed by atoms with E-state index in [2.05, 4.69) is 12.2 Å². The monoisotopic (exact) mass is 284 g/mol. The molecule has 1 saturated carbocycles. The Morgan fingerprint density at radius 1 is 1.20 bits per heavy atom. The van der Waals surface area contributed by atoms with E-state index in [-0.39, 0.29) is 17.9 Å². The van der Waals surface area contributed by atoms with Crippen LogP contribution in [0.15, 0.2) is 0 Å². The molecule has 1 aliphatic rings. The summed E-state index contributed by atoms with van der Waals surface area (Å²) in [4.78, 5) is 25.5. The highest BCUT2D eigenvalue weighted by atomic mass is 16.6. The molecule has 1 N–H and O–H groups in total.